The zero-order chi connectivity index (χ0) is 12.5. The number of rotatable bonds is 3. The molecule has 1 atom stereocenters. The number of halogens is 1. The third kappa shape index (κ3) is 1.93. The van der Waals surface area contributed by atoms with Gasteiger partial charge in [0, 0.05) is 30.6 Å². The molecule has 3 nitrogen and oxygen atoms in total. The van der Waals surface area contributed by atoms with Crippen LogP contribution in [0.15, 0.2) is 30.3 Å². The Morgan fingerprint density at radius 3 is 2.78 bits per heavy atom. The maximum absolute atomic E-state index is 13.5. The Hall–Kier alpha value is -1.68. The first-order valence-corrected chi connectivity index (χ1v) is 6.23. The van der Waals surface area contributed by atoms with Crippen molar-refractivity contribution < 1.29 is 4.39 Å². The fraction of sp³-hybridized carbons (Fsp3) is 0.357. The number of alkyl halides is 1. The molecule has 4 heteroatoms. The van der Waals surface area contributed by atoms with Crippen LogP contribution in [0.1, 0.15) is 22.5 Å². The monoisotopic (exact) mass is 245 g/mol. The lowest BCUT2D eigenvalue weighted by molar-refractivity contribution is 0.342. The molecule has 0 aliphatic heterocycles. The topological polar surface area (TPSA) is 43.8 Å². The van der Waals surface area contributed by atoms with Gasteiger partial charge in [-0.25, -0.2) is 4.39 Å². The quantitative estimate of drug-likeness (QED) is 0.896. The van der Waals surface area contributed by atoms with Crippen LogP contribution < -0.4 is 5.73 Å². The fourth-order valence-electron chi connectivity index (χ4n) is 2.61. The maximum Gasteiger partial charge on any atom is 0.110 e. The largest absolute Gasteiger partial charge is 0.325 e. The first kappa shape index (κ1) is 11.4. The van der Waals surface area contributed by atoms with E-state index in [-0.39, 0.29) is 0 Å². The van der Waals surface area contributed by atoms with Crippen molar-refractivity contribution in [3.05, 3.63) is 52.8 Å². The van der Waals surface area contributed by atoms with Gasteiger partial charge in [-0.3, -0.25) is 4.68 Å². The van der Waals surface area contributed by atoms with Gasteiger partial charge in [-0.1, -0.05) is 30.3 Å². The lowest BCUT2D eigenvalue weighted by Crippen LogP contribution is -2.10. The first-order chi connectivity index (χ1) is 8.78. The van der Waals surface area contributed by atoms with Gasteiger partial charge in [0.15, 0.2) is 0 Å². The summed E-state index contributed by atoms with van der Waals surface area (Å²) in [5, 5.41) is 4.51. The summed E-state index contributed by atoms with van der Waals surface area (Å²) in [6.45, 7) is 1.08. The van der Waals surface area contributed by atoms with E-state index in [2.05, 4.69) is 17.2 Å². The molecule has 94 valence electrons. The molecule has 18 heavy (non-hydrogen) atoms. The Labute approximate surface area is 105 Å². The van der Waals surface area contributed by atoms with Gasteiger partial charge in [-0.15, -0.1) is 0 Å². The number of hydrogen-bond acceptors (Lipinski definition) is 2. The predicted molar refractivity (Wildman–Crippen MR) is 68.0 cm³/mol. The molecule has 1 heterocycles. The highest BCUT2D eigenvalue weighted by Crippen LogP contribution is 2.27. The molecule has 2 aromatic rings. The highest BCUT2D eigenvalue weighted by Gasteiger charge is 2.28. The van der Waals surface area contributed by atoms with Gasteiger partial charge in [-0.2, -0.15) is 5.10 Å². The van der Waals surface area contributed by atoms with Crippen LogP contribution in [0.4, 0.5) is 4.39 Å². The van der Waals surface area contributed by atoms with E-state index in [1.54, 1.807) is 0 Å². The number of nitrogens with zero attached hydrogens (tertiary/aromatic N) is 2. The average Bonchev–Trinajstić information content (AvgIpc) is 2.90. The number of hydrogen-bond donors (Lipinski definition) is 1. The number of fused-ring (bicyclic) bond motifs is 1. The molecule has 1 aliphatic rings. The van der Waals surface area contributed by atoms with Gasteiger partial charge < -0.3 is 5.73 Å². The highest BCUT2D eigenvalue weighted by molar-refractivity contribution is 5.33. The Balaban J connectivity index is 1.94. The number of nitrogens with two attached hydrogens (primary N) is 1. The normalized spacial score (nSPS) is 18.0. The standard InChI is InChI=1S/C14H16FN3/c15-11-6-12-13(8-16)17-18(14(12)7-11)9-10-4-2-1-3-5-10/h1-5,11H,6-9,16H2. The summed E-state index contributed by atoms with van der Waals surface area (Å²) in [6.07, 6.45) is 0.163. The highest BCUT2D eigenvalue weighted by atomic mass is 19.1. The summed E-state index contributed by atoms with van der Waals surface area (Å²) >= 11 is 0. The van der Waals surface area contributed by atoms with Crippen molar-refractivity contribution in [1.82, 2.24) is 9.78 Å². The van der Waals surface area contributed by atoms with Crippen LogP contribution >= 0.6 is 0 Å². The molecular weight excluding hydrogens is 229 g/mol. The lowest BCUT2D eigenvalue weighted by Gasteiger charge is -2.06. The molecule has 1 aromatic heterocycles. The van der Waals surface area contributed by atoms with Crippen LogP contribution in [0.2, 0.25) is 0 Å². The maximum atomic E-state index is 13.5. The second-order valence-electron chi connectivity index (χ2n) is 4.72. The Morgan fingerprint density at radius 1 is 1.28 bits per heavy atom. The van der Waals surface area contributed by atoms with E-state index in [4.69, 9.17) is 5.73 Å². The summed E-state index contributed by atoms with van der Waals surface area (Å²) in [7, 11) is 0. The summed E-state index contributed by atoms with van der Waals surface area (Å²) < 4.78 is 15.4. The summed E-state index contributed by atoms with van der Waals surface area (Å²) in [5.41, 5.74) is 9.75. The zero-order valence-electron chi connectivity index (χ0n) is 10.1. The minimum absolute atomic E-state index is 0.386. The minimum Gasteiger partial charge on any atom is -0.325 e. The van der Waals surface area contributed by atoms with Gasteiger partial charge in [0.2, 0.25) is 0 Å². The molecule has 1 aromatic carbocycles. The number of benzene rings is 1. The fourth-order valence-corrected chi connectivity index (χ4v) is 2.61. The van der Waals surface area contributed by atoms with E-state index in [1.807, 2.05) is 22.9 Å². The molecule has 0 fully saturated rings. The van der Waals surface area contributed by atoms with Crippen LogP contribution in [-0.2, 0) is 25.9 Å². The Kier molecular flexibility index (Phi) is 2.88. The van der Waals surface area contributed by atoms with E-state index in [1.165, 1.54) is 5.56 Å². The van der Waals surface area contributed by atoms with E-state index >= 15 is 0 Å². The van der Waals surface area contributed by atoms with Crippen molar-refractivity contribution in [1.29, 1.82) is 0 Å². The molecule has 1 aliphatic carbocycles. The minimum atomic E-state index is -0.773. The second kappa shape index (κ2) is 4.53. The van der Waals surface area contributed by atoms with Crippen molar-refractivity contribution in [3.63, 3.8) is 0 Å². The SMILES string of the molecule is NCc1nn(Cc2ccccc2)c2c1CC(F)C2. The van der Waals surface area contributed by atoms with Gasteiger partial charge in [0.1, 0.15) is 6.17 Å². The van der Waals surface area contributed by atoms with Gasteiger partial charge in [0.25, 0.3) is 0 Å². The van der Waals surface area contributed by atoms with Crippen LogP contribution in [0.25, 0.3) is 0 Å². The van der Waals surface area contributed by atoms with E-state index in [0.29, 0.717) is 25.9 Å². The van der Waals surface area contributed by atoms with Crippen molar-refractivity contribution in [3.8, 4) is 0 Å². The van der Waals surface area contributed by atoms with Gasteiger partial charge >= 0.3 is 0 Å². The molecule has 2 N–H and O–H groups in total. The van der Waals surface area contributed by atoms with E-state index in [9.17, 15) is 4.39 Å². The first-order valence-electron chi connectivity index (χ1n) is 6.23. The third-order valence-corrected chi connectivity index (χ3v) is 3.46. The number of aromatic nitrogens is 2. The zero-order valence-corrected chi connectivity index (χ0v) is 10.1. The van der Waals surface area contributed by atoms with E-state index in [0.717, 1.165) is 17.0 Å². The van der Waals surface area contributed by atoms with Crippen LogP contribution in [0.3, 0.4) is 0 Å². The van der Waals surface area contributed by atoms with Gasteiger partial charge in [0.05, 0.1) is 12.2 Å². The smallest absolute Gasteiger partial charge is 0.110 e. The van der Waals surface area contributed by atoms with Crippen molar-refractivity contribution >= 4 is 0 Å². The van der Waals surface area contributed by atoms with Crippen LogP contribution in [-0.4, -0.2) is 16.0 Å². The predicted octanol–water partition coefficient (Wildman–Crippen LogP) is 1.83. The molecule has 0 saturated carbocycles. The molecule has 0 bridgehead atoms. The lowest BCUT2D eigenvalue weighted by atomic mass is 10.2. The van der Waals surface area contributed by atoms with Crippen LogP contribution in [0, 0.1) is 0 Å². The van der Waals surface area contributed by atoms with Crippen LogP contribution in [0.5, 0.6) is 0 Å². The second-order valence-corrected chi connectivity index (χ2v) is 4.72. The molecule has 0 radical (unpaired) electrons. The third-order valence-electron chi connectivity index (χ3n) is 3.46. The molecule has 3 rings (SSSR count). The summed E-state index contributed by atoms with van der Waals surface area (Å²) in [5.74, 6) is 0. The summed E-state index contributed by atoms with van der Waals surface area (Å²) in [4.78, 5) is 0. The molecule has 0 amide bonds. The van der Waals surface area contributed by atoms with Gasteiger partial charge in [-0.05, 0) is 5.56 Å². The summed E-state index contributed by atoms with van der Waals surface area (Å²) in [6, 6.07) is 10.1. The Bertz CT molecular complexity index is 548. The molecule has 0 spiro atoms. The van der Waals surface area contributed by atoms with Crippen molar-refractivity contribution in [2.24, 2.45) is 5.73 Å². The molecule has 0 saturated heterocycles. The molecular formula is C14H16FN3. The Morgan fingerprint density at radius 2 is 2.06 bits per heavy atom. The molecule has 1 unspecified atom stereocenters. The van der Waals surface area contributed by atoms with Crippen molar-refractivity contribution in [2.45, 2.75) is 32.1 Å². The average molecular weight is 245 g/mol. The van der Waals surface area contributed by atoms with E-state index < -0.39 is 6.17 Å². The van der Waals surface area contributed by atoms with Crippen molar-refractivity contribution in [2.75, 3.05) is 0 Å².